The number of ether oxygens (including phenoxy) is 1. The lowest BCUT2D eigenvalue weighted by Crippen LogP contribution is -2.48. The maximum absolute atomic E-state index is 12.9. The molecule has 2 N–H and O–H groups in total. The molecular weight excluding hydrogens is 468 g/mol. The lowest BCUT2D eigenvalue weighted by atomic mass is 10.2. The van der Waals surface area contributed by atoms with Crippen LogP contribution in [0.25, 0.3) is 0 Å². The first-order valence-electron chi connectivity index (χ1n) is 10.8. The van der Waals surface area contributed by atoms with Gasteiger partial charge in [-0.2, -0.15) is 4.31 Å². The van der Waals surface area contributed by atoms with Crippen molar-refractivity contribution in [1.29, 1.82) is 0 Å². The van der Waals surface area contributed by atoms with Gasteiger partial charge in [-0.3, -0.25) is 9.69 Å². The number of hydrogen-bond donors (Lipinski definition) is 2. The molecule has 11 heteroatoms. The predicted octanol–water partition coefficient (Wildman–Crippen LogP) is 1.83. The molecule has 178 valence electrons. The number of sulfonamides is 1. The second-order valence-electron chi connectivity index (χ2n) is 7.96. The summed E-state index contributed by atoms with van der Waals surface area (Å²) in [7, 11) is -3.69. The second-order valence-corrected chi connectivity index (χ2v) is 10.3. The van der Waals surface area contributed by atoms with Crippen molar-refractivity contribution in [3.05, 3.63) is 47.5 Å². The monoisotopic (exact) mass is 494 g/mol. The smallest absolute Gasteiger partial charge is 0.243 e. The lowest BCUT2D eigenvalue weighted by molar-refractivity contribution is -0.117. The van der Waals surface area contributed by atoms with Crippen molar-refractivity contribution in [3.8, 4) is 5.75 Å². The van der Waals surface area contributed by atoms with Gasteiger partial charge in [-0.15, -0.1) is 0 Å². The highest BCUT2D eigenvalue weighted by Gasteiger charge is 2.27. The molecule has 4 rings (SSSR count). The molecule has 0 atom stereocenters. The summed E-state index contributed by atoms with van der Waals surface area (Å²) in [5.41, 5.74) is 1.05. The highest BCUT2D eigenvalue weighted by molar-refractivity contribution is 7.89. The fourth-order valence-corrected chi connectivity index (χ4v) is 5.57. The van der Waals surface area contributed by atoms with Crippen molar-refractivity contribution in [1.82, 2.24) is 9.21 Å². The Bertz CT molecular complexity index is 1100. The number of piperazine rings is 1. The maximum atomic E-state index is 12.9. The number of halogens is 1. The molecular formula is C22H27ClN4O5S. The molecule has 2 aromatic rings. The molecule has 0 spiro atoms. The minimum absolute atomic E-state index is 0.0837. The predicted molar refractivity (Wildman–Crippen MR) is 126 cm³/mol. The van der Waals surface area contributed by atoms with Gasteiger partial charge in [-0.1, -0.05) is 23.7 Å². The summed E-state index contributed by atoms with van der Waals surface area (Å²) in [4.78, 5) is 16.8. The van der Waals surface area contributed by atoms with Crippen LogP contribution in [0.1, 0.15) is 0 Å². The molecule has 9 nitrogen and oxygen atoms in total. The zero-order chi connectivity index (χ0) is 23.4. The molecule has 0 saturated carbocycles. The molecule has 2 fully saturated rings. The van der Waals surface area contributed by atoms with E-state index in [0.717, 1.165) is 5.69 Å². The molecule has 0 unspecified atom stereocenters. The number of phenolic OH excluding ortho intramolecular Hbond substituents is 1. The number of para-hydroxylation sites is 2. The molecule has 0 aliphatic carbocycles. The van der Waals surface area contributed by atoms with Crippen LogP contribution in [0.2, 0.25) is 5.02 Å². The number of carbonyl (C=O) groups excluding carboxylic acids is 1. The quantitative estimate of drug-likeness (QED) is 0.631. The summed E-state index contributed by atoms with van der Waals surface area (Å²) >= 11 is 6.23. The molecule has 0 bridgehead atoms. The Morgan fingerprint density at radius 1 is 1.03 bits per heavy atom. The molecule has 1 amide bonds. The van der Waals surface area contributed by atoms with Crippen LogP contribution in [0.5, 0.6) is 5.75 Å². The Morgan fingerprint density at radius 2 is 1.73 bits per heavy atom. The third kappa shape index (κ3) is 5.59. The number of anilines is 2. The third-order valence-electron chi connectivity index (χ3n) is 5.78. The van der Waals surface area contributed by atoms with E-state index >= 15 is 0 Å². The van der Waals surface area contributed by atoms with E-state index in [4.69, 9.17) is 16.3 Å². The Hall–Kier alpha value is -2.37. The molecule has 0 radical (unpaired) electrons. The van der Waals surface area contributed by atoms with E-state index in [1.165, 1.54) is 22.5 Å². The summed E-state index contributed by atoms with van der Waals surface area (Å²) in [6.07, 6.45) is 0. The van der Waals surface area contributed by atoms with Crippen LogP contribution in [0.15, 0.2) is 47.4 Å². The van der Waals surface area contributed by atoms with E-state index in [9.17, 15) is 18.3 Å². The lowest BCUT2D eigenvalue weighted by Gasteiger charge is -2.35. The summed E-state index contributed by atoms with van der Waals surface area (Å²) in [5, 5.41) is 13.1. The highest BCUT2D eigenvalue weighted by atomic mass is 35.5. The number of nitrogens with zero attached hydrogens (tertiary/aromatic N) is 3. The van der Waals surface area contributed by atoms with Crippen LogP contribution in [-0.2, 0) is 19.6 Å². The minimum atomic E-state index is -3.69. The average Bonchev–Trinajstić information content (AvgIpc) is 2.82. The van der Waals surface area contributed by atoms with Crippen LogP contribution in [0.4, 0.5) is 11.4 Å². The maximum Gasteiger partial charge on any atom is 0.243 e. The number of rotatable bonds is 6. The summed E-state index contributed by atoms with van der Waals surface area (Å²) in [6.45, 7) is 4.12. The van der Waals surface area contributed by atoms with Crippen LogP contribution >= 0.6 is 11.6 Å². The summed E-state index contributed by atoms with van der Waals surface area (Å²) in [5.74, 6) is -0.0286. The van der Waals surface area contributed by atoms with Gasteiger partial charge < -0.3 is 20.1 Å². The van der Waals surface area contributed by atoms with Crippen LogP contribution in [0, 0.1) is 0 Å². The van der Waals surface area contributed by atoms with Crippen molar-refractivity contribution < 1.29 is 23.1 Å². The Morgan fingerprint density at radius 3 is 2.42 bits per heavy atom. The molecule has 2 saturated heterocycles. The SMILES string of the molecule is O=C(CN1CCN(c2ccccc2O)CC1)Nc1cc(S(=O)(=O)N2CCOCC2)ccc1Cl. The van der Waals surface area contributed by atoms with Crippen molar-refractivity contribution in [3.63, 3.8) is 0 Å². The van der Waals surface area contributed by atoms with Crippen LogP contribution < -0.4 is 10.2 Å². The summed E-state index contributed by atoms with van der Waals surface area (Å²) < 4.78 is 32.4. The number of aromatic hydroxyl groups is 1. The molecule has 2 aliphatic heterocycles. The highest BCUT2D eigenvalue weighted by Crippen LogP contribution is 2.28. The van der Waals surface area contributed by atoms with E-state index in [1.54, 1.807) is 12.1 Å². The van der Waals surface area contributed by atoms with E-state index in [0.29, 0.717) is 52.5 Å². The molecule has 2 aliphatic rings. The van der Waals surface area contributed by atoms with Gasteiger partial charge in [0.2, 0.25) is 15.9 Å². The van der Waals surface area contributed by atoms with Crippen molar-refractivity contribution in [2.24, 2.45) is 0 Å². The molecule has 2 aromatic carbocycles. The third-order valence-corrected chi connectivity index (χ3v) is 8.01. The van der Waals surface area contributed by atoms with Crippen molar-refractivity contribution >= 4 is 38.9 Å². The van der Waals surface area contributed by atoms with Gasteiger partial charge in [0.1, 0.15) is 5.75 Å². The second kappa shape index (κ2) is 10.3. The Labute approximate surface area is 198 Å². The number of nitrogens with one attached hydrogen (secondary N) is 1. The van der Waals surface area contributed by atoms with Crippen molar-refractivity contribution in [2.75, 3.05) is 69.2 Å². The molecule has 33 heavy (non-hydrogen) atoms. The van der Waals surface area contributed by atoms with E-state index in [1.807, 2.05) is 17.0 Å². The first-order valence-corrected chi connectivity index (χ1v) is 12.6. The largest absolute Gasteiger partial charge is 0.506 e. The normalized spacial score (nSPS) is 18.3. The Kier molecular flexibility index (Phi) is 7.40. The van der Waals surface area contributed by atoms with Gasteiger partial charge >= 0.3 is 0 Å². The van der Waals surface area contributed by atoms with Gasteiger partial charge in [0.25, 0.3) is 0 Å². The van der Waals surface area contributed by atoms with Gasteiger partial charge in [0.15, 0.2) is 0 Å². The van der Waals surface area contributed by atoms with Gasteiger partial charge in [-0.05, 0) is 30.3 Å². The zero-order valence-corrected chi connectivity index (χ0v) is 19.7. The van der Waals surface area contributed by atoms with Crippen molar-refractivity contribution in [2.45, 2.75) is 4.90 Å². The topological polar surface area (TPSA) is 102 Å². The standard InChI is InChI=1S/C22H27ClN4O5S/c23-18-6-5-17(33(30,31)27-11-13-32-14-12-27)15-19(18)24-22(29)16-25-7-9-26(10-8-25)20-3-1-2-4-21(20)28/h1-6,15,28H,7-14,16H2,(H,24,29). The fraction of sp³-hybridized carbons (Fsp3) is 0.409. The fourth-order valence-electron chi connectivity index (χ4n) is 3.97. The van der Waals surface area contributed by atoms with Gasteiger partial charge in [0, 0.05) is 39.3 Å². The number of amides is 1. The molecule has 0 aromatic heterocycles. The van der Waals surface area contributed by atoms with Crippen LogP contribution in [-0.4, -0.2) is 87.7 Å². The minimum Gasteiger partial charge on any atom is -0.506 e. The first-order chi connectivity index (χ1) is 15.8. The van der Waals surface area contributed by atoms with E-state index in [-0.39, 0.29) is 33.8 Å². The average molecular weight is 495 g/mol. The number of carbonyl (C=O) groups is 1. The number of phenols is 1. The Balaban J connectivity index is 1.36. The number of morpholine rings is 1. The molecule has 2 heterocycles. The van der Waals surface area contributed by atoms with Crippen LogP contribution in [0.3, 0.4) is 0 Å². The van der Waals surface area contributed by atoms with E-state index in [2.05, 4.69) is 10.2 Å². The zero-order valence-electron chi connectivity index (χ0n) is 18.1. The number of hydrogen-bond acceptors (Lipinski definition) is 7. The first kappa shape index (κ1) is 23.8. The van der Waals surface area contributed by atoms with Gasteiger partial charge in [0.05, 0.1) is 41.1 Å². The number of benzene rings is 2. The van der Waals surface area contributed by atoms with Gasteiger partial charge in [-0.25, -0.2) is 8.42 Å². The van der Waals surface area contributed by atoms with E-state index < -0.39 is 10.0 Å². The summed E-state index contributed by atoms with van der Waals surface area (Å²) in [6, 6.07) is 11.5.